The third-order valence-electron chi connectivity index (χ3n) is 6.80. The van der Waals surface area contributed by atoms with Crippen molar-refractivity contribution in [3.63, 3.8) is 0 Å². The molecule has 1 aliphatic rings. The molecule has 1 atom stereocenters. The number of carboxylic acids is 1. The summed E-state index contributed by atoms with van der Waals surface area (Å²) in [7, 11) is 1.90. The van der Waals surface area contributed by atoms with Gasteiger partial charge in [0.05, 0.1) is 23.6 Å². The summed E-state index contributed by atoms with van der Waals surface area (Å²) in [6.07, 6.45) is 3.55. The summed E-state index contributed by atoms with van der Waals surface area (Å²) in [5, 5.41) is 10.5. The number of anilines is 4. The number of halogens is 1. The van der Waals surface area contributed by atoms with Crippen molar-refractivity contribution >= 4 is 46.1 Å². The Kier molecular flexibility index (Phi) is 7.91. The fourth-order valence-electron chi connectivity index (χ4n) is 4.66. The Balaban J connectivity index is 1.46. The fourth-order valence-corrected chi connectivity index (χ4v) is 4.79. The summed E-state index contributed by atoms with van der Waals surface area (Å²) in [5.74, 6) is -1.46. The van der Waals surface area contributed by atoms with Crippen LogP contribution in [0, 0.1) is 0 Å². The molecule has 3 aromatic carbocycles. The molecular formula is C31H28ClN3O4. The number of hydrogen-bond acceptors (Lipinski definition) is 6. The lowest BCUT2D eigenvalue weighted by molar-refractivity contribution is 0.0697. The Morgan fingerprint density at radius 3 is 2.28 bits per heavy atom. The molecule has 39 heavy (non-hydrogen) atoms. The van der Waals surface area contributed by atoms with Crippen molar-refractivity contribution < 1.29 is 19.4 Å². The zero-order chi connectivity index (χ0) is 27.4. The summed E-state index contributed by atoms with van der Waals surface area (Å²) < 4.78 is 5.87. The first-order chi connectivity index (χ1) is 18.9. The lowest BCUT2D eigenvalue weighted by Crippen LogP contribution is -2.28. The molecule has 198 valence electrons. The monoisotopic (exact) mass is 541 g/mol. The van der Waals surface area contributed by atoms with Gasteiger partial charge in [0.25, 0.3) is 0 Å². The van der Waals surface area contributed by atoms with Crippen molar-refractivity contribution in [3.8, 4) is 0 Å². The van der Waals surface area contributed by atoms with Crippen LogP contribution < -0.4 is 9.80 Å². The SMILES string of the molecule is CN(c1ccc(Cl)cc1)c1ccc(C(=O)c2cc(C(=O)O)cc(N(CC3CCCO3)c3ccccc3)c2)nc1. The first-order valence-electron chi connectivity index (χ1n) is 12.7. The van der Waals surface area contributed by atoms with Crippen LogP contribution in [0.2, 0.25) is 5.02 Å². The highest BCUT2D eigenvalue weighted by molar-refractivity contribution is 6.30. The normalized spacial score (nSPS) is 14.7. The molecule has 1 aromatic heterocycles. The van der Waals surface area contributed by atoms with Gasteiger partial charge in [0, 0.05) is 47.8 Å². The van der Waals surface area contributed by atoms with E-state index in [4.69, 9.17) is 16.3 Å². The van der Waals surface area contributed by atoms with Crippen LogP contribution in [0.5, 0.6) is 0 Å². The van der Waals surface area contributed by atoms with E-state index in [0.29, 0.717) is 23.9 Å². The van der Waals surface area contributed by atoms with Gasteiger partial charge >= 0.3 is 5.97 Å². The van der Waals surface area contributed by atoms with Crippen molar-refractivity contribution in [2.75, 3.05) is 30.0 Å². The van der Waals surface area contributed by atoms with Crippen molar-refractivity contribution in [3.05, 3.63) is 113 Å². The van der Waals surface area contributed by atoms with Gasteiger partial charge in [-0.25, -0.2) is 4.79 Å². The highest BCUT2D eigenvalue weighted by atomic mass is 35.5. The van der Waals surface area contributed by atoms with E-state index >= 15 is 0 Å². The number of ketones is 1. The number of ether oxygens (including phenoxy) is 1. The fraction of sp³-hybridized carbons (Fsp3) is 0.194. The second kappa shape index (κ2) is 11.7. The van der Waals surface area contributed by atoms with Crippen LogP contribution in [0.4, 0.5) is 22.7 Å². The van der Waals surface area contributed by atoms with Crippen LogP contribution in [0.1, 0.15) is 39.3 Å². The Morgan fingerprint density at radius 1 is 0.923 bits per heavy atom. The van der Waals surface area contributed by atoms with Crippen LogP contribution >= 0.6 is 11.6 Å². The van der Waals surface area contributed by atoms with E-state index in [-0.39, 0.29) is 28.7 Å². The molecule has 0 radical (unpaired) electrons. The molecule has 5 rings (SSSR count). The summed E-state index contributed by atoms with van der Waals surface area (Å²) in [4.78, 5) is 34.0. The molecule has 0 saturated carbocycles. The predicted molar refractivity (Wildman–Crippen MR) is 153 cm³/mol. The Hall–Kier alpha value is -4.20. The highest BCUT2D eigenvalue weighted by Gasteiger charge is 2.23. The van der Waals surface area contributed by atoms with E-state index in [1.165, 1.54) is 6.07 Å². The first-order valence-corrected chi connectivity index (χ1v) is 13.1. The molecule has 7 nitrogen and oxygen atoms in total. The molecule has 0 bridgehead atoms. The zero-order valence-electron chi connectivity index (χ0n) is 21.5. The van der Waals surface area contributed by atoms with E-state index in [0.717, 1.165) is 29.9 Å². The minimum absolute atomic E-state index is 0.0182. The summed E-state index contributed by atoms with van der Waals surface area (Å²) in [6.45, 7) is 1.26. The molecule has 8 heteroatoms. The molecule has 2 heterocycles. The number of aromatic nitrogens is 1. The molecule has 0 aliphatic carbocycles. The van der Waals surface area contributed by atoms with Gasteiger partial charge in [0.2, 0.25) is 5.78 Å². The summed E-state index contributed by atoms with van der Waals surface area (Å²) in [6, 6.07) is 25.3. The number of carboxylic acid groups (broad SMARTS) is 1. The largest absolute Gasteiger partial charge is 0.478 e. The van der Waals surface area contributed by atoms with Crippen LogP contribution in [0.25, 0.3) is 0 Å². The van der Waals surface area contributed by atoms with Gasteiger partial charge in [0.15, 0.2) is 0 Å². The number of rotatable bonds is 9. The van der Waals surface area contributed by atoms with E-state index in [1.54, 1.807) is 24.4 Å². The van der Waals surface area contributed by atoms with Crippen LogP contribution in [0.15, 0.2) is 91.1 Å². The second-order valence-electron chi connectivity index (χ2n) is 9.42. The minimum atomic E-state index is -1.11. The molecule has 4 aromatic rings. The number of aromatic carboxylic acids is 1. The number of hydrogen-bond donors (Lipinski definition) is 1. The lowest BCUT2D eigenvalue weighted by atomic mass is 10.0. The van der Waals surface area contributed by atoms with Crippen LogP contribution in [0.3, 0.4) is 0 Å². The van der Waals surface area contributed by atoms with Crippen LogP contribution in [-0.2, 0) is 4.74 Å². The number of benzene rings is 3. The standard InChI is InChI=1S/C31H28ClN3O4/c1-34(24-11-9-23(32)10-12-24)26-13-14-29(33-19-26)30(36)21-16-22(31(37)38)18-27(17-21)35(20-28-8-5-15-39-28)25-6-3-2-4-7-25/h2-4,6-7,9-14,16-19,28H,5,8,15,20H2,1H3,(H,37,38). The number of para-hydroxylation sites is 1. The molecule has 1 N–H and O–H groups in total. The zero-order valence-corrected chi connectivity index (χ0v) is 22.2. The van der Waals surface area contributed by atoms with E-state index in [1.807, 2.05) is 77.5 Å². The summed E-state index contributed by atoms with van der Waals surface area (Å²) in [5.41, 5.74) is 3.72. The Morgan fingerprint density at radius 2 is 1.64 bits per heavy atom. The quantitative estimate of drug-likeness (QED) is 0.235. The second-order valence-corrected chi connectivity index (χ2v) is 9.86. The average Bonchev–Trinajstić information content (AvgIpc) is 3.49. The molecule has 0 amide bonds. The third-order valence-corrected chi connectivity index (χ3v) is 7.05. The Bertz CT molecular complexity index is 1450. The molecule has 1 saturated heterocycles. The van der Waals surface area contributed by atoms with Crippen molar-refractivity contribution in [2.24, 2.45) is 0 Å². The molecular weight excluding hydrogens is 514 g/mol. The van der Waals surface area contributed by atoms with Gasteiger partial charge in [-0.1, -0.05) is 29.8 Å². The molecule has 0 spiro atoms. The number of nitrogens with zero attached hydrogens (tertiary/aromatic N) is 3. The van der Waals surface area contributed by atoms with Crippen LogP contribution in [-0.4, -0.2) is 48.1 Å². The highest BCUT2D eigenvalue weighted by Crippen LogP contribution is 2.31. The van der Waals surface area contributed by atoms with Gasteiger partial charge in [-0.2, -0.15) is 0 Å². The molecule has 1 fully saturated rings. The number of pyridine rings is 1. The molecule has 1 unspecified atom stereocenters. The van der Waals surface area contributed by atoms with Gasteiger partial charge < -0.3 is 19.6 Å². The third kappa shape index (κ3) is 6.11. The maximum Gasteiger partial charge on any atom is 0.335 e. The maximum atomic E-state index is 13.5. The van der Waals surface area contributed by atoms with Crippen molar-refractivity contribution in [1.29, 1.82) is 0 Å². The minimum Gasteiger partial charge on any atom is -0.478 e. The topological polar surface area (TPSA) is 83.0 Å². The van der Waals surface area contributed by atoms with Gasteiger partial charge in [0.1, 0.15) is 5.69 Å². The first kappa shape index (κ1) is 26.4. The lowest BCUT2D eigenvalue weighted by Gasteiger charge is -2.28. The average molecular weight is 542 g/mol. The van der Waals surface area contributed by atoms with Crippen molar-refractivity contribution in [2.45, 2.75) is 18.9 Å². The van der Waals surface area contributed by atoms with E-state index in [2.05, 4.69) is 4.98 Å². The predicted octanol–water partition coefficient (Wildman–Crippen LogP) is 6.75. The van der Waals surface area contributed by atoms with Crippen molar-refractivity contribution in [1.82, 2.24) is 4.98 Å². The summed E-state index contributed by atoms with van der Waals surface area (Å²) >= 11 is 6.00. The van der Waals surface area contributed by atoms with E-state index in [9.17, 15) is 14.7 Å². The van der Waals surface area contributed by atoms with E-state index < -0.39 is 5.97 Å². The number of carbonyl (C=O) groups is 2. The van der Waals surface area contributed by atoms with Gasteiger partial charge in [-0.05, 0) is 79.6 Å². The molecule has 1 aliphatic heterocycles. The smallest absolute Gasteiger partial charge is 0.335 e. The van der Waals surface area contributed by atoms with Gasteiger partial charge in [-0.3, -0.25) is 9.78 Å². The maximum absolute atomic E-state index is 13.5. The Labute approximate surface area is 232 Å². The number of carbonyl (C=O) groups excluding carboxylic acids is 1. The van der Waals surface area contributed by atoms with Gasteiger partial charge in [-0.15, -0.1) is 0 Å².